The van der Waals surface area contributed by atoms with Crippen LogP contribution < -0.4 is 20.4 Å². The molecule has 0 bridgehead atoms. The number of carbonyl (C=O) groups is 2. The van der Waals surface area contributed by atoms with Crippen molar-refractivity contribution < 1.29 is 29.5 Å². The summed E-state index contributed by atoms with van der Waals surface area (Å²) in [4.78, 5) is 23.7. The minimum Gasteiger partial charge on any atom is -0.490 e. The first-order chi connectivity index (χ1) is 13.3. The molecule has 0 heterocycles. The van der Waals surface area contributed by atoms with Crippen LogP contribution in [0, 0.1) is 0 Å². The van der Waals surface area contributed by atoms with E-state index in [4.69, 9.17) is 19.9 Å². The molecule has 0 radical (unpaired) electrons. The highest BCUT2D eigenvalue weighted by Crippen LogP contribution is 2.32. The van der Waals surface area contributed by atoms with Crippen LogP contribution in [0.15, 0.2) is 36.4 Å². The standard InChI is InChI=1S/C20H24N2O6/c1-11(2)27-17-9-13(5-7-15(17)19(23)21-25)14-6-8-16(20(24)22-26)18(10-14)28-12(3)4/h5-12,25-26H,1-4H3,(H,21,23)(H,22,24). The Morgan fingerprint density at radius 2 is 1.11 bits per heavy atom. The van der Waals surface area contributed by atoms with Crippen molar-refractivity contribution in [1.82, 2.24) is 11.0 Å². The average Bonchev–Trinajstić information content (AvgIpc) is 2.65. The Labute approximate surface area is 163 Å². The predicted octanol–water partition coefficient (Wildman–Crippen LogP) is 3.17. The summed E-state index contributed by atoms with van der Waals surface area (Å²) in [6, 6.07) is 9.80. The number of nitrogens with one attached hydrogen (secondary N) is 2. The molecule has 4 N–H and O–H groups in total. The lowest BCUT2D eigenvalue weighted by molar-refractivity contribution is 0.0695. The maximum Gasteiger partial charge on any atom is 0.278 e. The Balaban J connectivity index is 2.54. The van der Waals surface area contributed by atoms with Crippen molar-refractivity contribution in [3.63, 3.8) is 0 Å². The lowest BCUT2D eigenvalue weighted by Crippen LogP contribution is -2.21. The molecule has 0 aliphatic heterocycles. The van der Waals surface area contributed by atoms with Crippen molar-refractivity contribution in [3.8, 4) is 22.6 Å². The normalized spacial score (nSPS) is 10.7. The molecule has 2 amide bonds. The van der Waals surface area contributed by atoms with Crippen molar-refractivity contribution >= 4 is 11.8 Å². The second kappa shape index (κ2) is 9.20. The molecule has 0 saturated heterocycles. The van der Waals surface area contributed by atoms with E-state index >= 15 is 0 Å². The Morgan fingerprint density at radius 3 is 1.39 bits per heavy atom. The number of hydroxylamine groups is 2. The molecule has 0 fully saturated rings. The van der Waals surface area contributed by atoms with Crippen LogP contribution in [0.3, 0.4) is 0 Å². The average molecular weight is 388 g/mol. The van der Waals surface area contributed by atoms with Gasteiger partial charge in [0.25, 0.3) is 11.8 Å². The summed E-state index contributed by atoms with van der Waals surface area (Å²) in [6.45, 7) is 7.29. The van der Waals surface area contributed by atoms with E-state index in [0.717, 1.165) is 11.1 Å². The summed E-state index contributed by atoms with van der Waals surface area (Å²) in [7, 11) is 0. The van der Waals surface area contributed by atoms with Crippen molar-refractivity contribution in [2.45, 2.75) is 39.9 Å². The molecule has 0 atom stereocenters. The number of ether oxygens (including phenoxy) is 2. The molecule has 2 aromatic carbocycles. The van der Waals surface area contributed by atoms with E-state index in [2.05, 4.69) is 0 Å². The highest BCUT2D eigenvalue weighted by Gasteiger charge is 2.17. The second-order valence-electron chi connectivity index (χ2n) is 6.64. The second-order valence-corrected chi connectivity index (χ2v) is 6.64. The van der Waals surface area contributed by atoms with Gasteiger partial charge in [0.2, 0.25) is 0 Å². The Bertz CT molecular complexity index is 792. The Kier molecular flexibility index (Phi) is 6.97. The van der Waals surface area contributed by atoms with Crippen LogP contribution in [0.25, 0.3) is 11.1 Å². The van der Waals surface area contributed by atoms with Gasteiger partial charge < -0.3 is 9.47 Å². The minimum absolute atomic E-state index is 0.184. The summed E-state index contributed by atoms with van der Waals surface area (Å²) in [5.41, 5.74) is 5.02. The summed E-state index contributed by atoms with van der Waals surface area (Å²) >= 11 is 0. The third-order valence-electron chi connectivity index (χ3n) is 3.71. The van der Waals surface area contributed by atoms with Gasteiger partial charge in [-0.1, -0.05) is 12.1 Å². The predicted molar refractivity (Wildman–Crippen MR) is 102 cm³/mol. The zero-order valence-electron chi connectivity index (χ0n) is 16.1. The minimum atomic E-state index is -0.680. The molecular formula is C20H24N2O6. The SMILES string of the molecule is CC(C)Oc1cc(-c2ccc(C(=O)NO)c(OC(C)C)c2)ccc1C(=O)NO. The smallest absolute Gasteiger partial charge is 0.278 e. The highest BCUT2D eigenvalue weighted by molar-refractivity contribution is 5.98. The van der Waals surface area contributed by atoms with Gasteiger partial charge in [0.05, 0.1) is 23.3 Å². The van der Waals surface area contributed by atoms with E-state index < -0.39 is 11.8 Å². The van der Waals surface area contributed by atoms with Crippen LogP contribution in [0.4, 0.5) is 0 Å². The molecule has 8 nitrogen and oxygen atoms in total. The number of hydrogen-bond acceptors (Lipinski definition) is 6. The van der Waals surface area contributed by atoms with Gasteiger partial charge in [-0.2, -0.15) is 0 Å². The van der Waals surface area contributed by atoms with Crippen LogP contribution in [-0.2, 0) is 0 Å². The van der Waals surface area contributed by atoms with Gasteiger partial charge >= 0.3 is 0 Å². The monoisotopic (exact) mass is 388 g/mol. The van der Waals surface area contributed by atoms with Gasteiger partial charge in [-0.25, -0.2) is 11.0 Å². The first-order valence-electron chi connectivity index (χ1n) is 8.77. The summed E-state index contributed by atoms with van der Waals surface area (Å²) in [5.74, 6) is -0.743. The number of amides is 2. The lowest BCUT2D eigenvalue weighted by atomic mass is 10.0. The molecule has 0 aliphatic carbocycles. The van der Waals surface area contributed by atoms with E-state index in [0.29, 0.717) is 11.5 Å². The van der Waals surface area contributed by atoms with Crippen molar-refractivity contribution in [2.75, 3.05) is 0 Å². The molecule has 28 heavy (non-hydrogen) atoms. The van der Waals surface area contributed by atoms with E-state index in [-0.39, 0.29) is 23.3 Å². The van der Waals surface area contributed by atoms with E-state index in [1.807, 2.05) is 27.7 Å². The van der Waals surface area contributed by atoms with Gasteiger partial charge in [-0.05, 0) is 63.1 Å². The zero-order chi connectivity index (χ0) is 20.8. The lowest BCUT2D eigenvalue weighted by Gasteiger charge is -2.17. The number of carbonyl (C=O) groups excluding carboxylic acids is 2. The third-order valence-corrected chi connectivity index (χ3v) is 3.71. The largest absolute Gasteiger partial charge is 0.490 e. The van der Waals surface area contributed by atoms with E-state index in [9.17, 15) is 9.59 Å². The highest BCUT2D eigenvalue weighted by atomic mass is 16.5. The molecule has 2 aromatic rings. The van der Waals surface area contributed by atoms with E-state index in [1.54, 1.807) is 35.2 Å². The summed E-state index contributed by atoms with van der Waals surface area (Å²) < 4.78 is 11.4. The molecular weight excluding hydrogens is 364 g/mol. The van der Waals surface area contributed by atoms with Gasteiger partial charge in [-0.15, -0.1) is 0 Å². The first kappa shape index (κ1) is 21.2. The van der Waals surface area contributed by atoms with Gasteiger partial charge in [-0.3, -0.25) is 20.0 Å². The Hall–Kier alpha value is -3.10. The van der Waals surface area contributed by atoms with Crippen molar-refractivity contribution in [3.05, 3.63) is 47.5 Å². The van der Waals surface area contributed by atoms with Gasteiger partial charge in [0, 0.05) is 0 Å². The Morgan fingerprint density at radius 1 is 0.750 bits per heavy atom. The van der Waals surface area contributed by atoms with Crippen LogP contribution in [0.2, 0.25) is 0 Å². The number of rotatable bonds is 7. The molecule has 8 heteroatoms. The van der Waals surface area contributed by atoms with E-state index in [1.165, 1.54) is 12.1 Å². The maximum atomic E-state index is 11.9. The van der Waals surface area contributed by atoms with Crippen molar-refractivity contribution in [1.29, 1.82) is 0 Å². The van der Waals surface area contributed by atoms with Gasteiger partial charge in [0.1, 0.15) is 11.5 Å². The molecule has 0 saturated carbocycles. The fourth-order valence-corrected chi connectivity index (χ4v) is 2.60. The number of benzene rings is 2. The zero-order valence-corrected chi connectivity index (χ0v) is 16.1. The topological polar surface area (TPSA) is 117 Å². The molecule has 0 spiro atoms. The molecule has 0 aliphatic rings. The summed E-state index contributed by atoms with van der Waals surface area (Å²) in [6.07, 6.45) is -0.369. The number of hydrogen-bond donors (Lipinski definition) is 4. The van der Waals surface area contributed by atoms with Crippen molar-refractivity contribution in [2.24, 2.45) is 0 Å². The summed E-state index contributed by atoms with van der Waals surface area (Å²) in [5, 5.41) is 17.9. The van der Waals surface area contributed by atoms with Crippen LogP contribution in [0.1, 0.15) is 48.4 Å². The molecule has 2 rings (SSSR count). The molecule has 0 aromatic heterocycles. The first-order valence-corrected chi connectivity index (χ1v) is 8.77. The molecule has 150 valence electrons. The maximum absolute atomic E-state index is 11.9. The van der Waals surface area contributed by atoms with Crippen LogP contribution in [0.5, 0.6) is 11.5 Å². The fourth-order valence-electron chi connectivity index (χ4n) is 2.60. The molecule has 0 unspecified atom stereocenters. The third kappa shape index (κ3) is 4.99. The van der Waals surface area contributed by atoms with Gasteiger partial charge in [0.15, 0.2) is 0 Å². The van der Waals surface area contributed by atoms with Crippen LogP contribution in [-0.4, -0.2) is 34.4 Å². The fraction of sp³-hybridized carbons (Fsp3) is 0.300. The van der Waals surface area contributed by atoms with Crippen LogP contribution >= 0.6 is 0 Å². The quantitative estimate of drug-likeness (QED) is 0.428.